The maximum absolute atomic E-state index is 11.3. The molecule has 1 N–H and O–H groups in total. The van der Waals surface area contributed by atoms with Gasteiger partial charge in [0.2, 0.25) is 0 Å². The number of aliphatic hydroxyl groups is 1. The Bertz CT molecular complexity index is 613. The number of ketones is 1. The van der Waals surface area contributed by atoms with Gasteiger partial charge in [-0.3, -0.25) is 4.79 Å². The van der Waals surface area contributed by atoms with E-state index in [9.17, 15) is 9.90 Å². The third kappa shape index (κ3) is 2.38. The maximum atomic E-state index is 11.3. The second-order valence-corrected chi connectivity index (χ2v) is 5.54. The minimum atomic E-state index is -0.608. The number of imidazole rings is 1. The highest BCUT2D eigenvalue weighted by atomic mass is 35.5. The van der Waals surface area contributed by atoms with Crippen LogP contribution in [0.15, 0.2) is 24.7 Å². The van der Waals surface area contributed by atoms with Crippen LogP contribution in [0.25, 0.3) is 5.52 Å². The van der Waals surface area contributed by atoms with Gasteiger partial charge >= 0.3 is 0 Å². The summed E-state index contributed by atoms with van der Waals surface area (Å²) in [6, 6.07) is 3.59. The lowest BCUT2D eigenvalue weighted by Crippen LogP contribution is -2.21. The van der Waals surface area contributed by atoms with Crippen molar-refractivity contribution >= 4 is 22.9 Å². The molecule has 100 valence electrons. The summed E-state index contributed by atoms with van der Waals surface area (Å²) in [7, 11) is 0. The van der Waals surface area contributed by atoms with Crippen molar-refractivity contribution in [3.63, 3.8) is 0 Å². The number of aromatic nitrogens is 2. The number of nitrogens with zero attached hydrogens (tertiary/aromatic N) is 2. The lowest BCUT2D eigenvalue weighted by molar-refractivity contribution is -0.121. The van der Waals surface area contributed by atoms with Gasteiger partial charge in [0.1, 0.15) is 5.78 Å². The highest BCUT2D eigenvalue weighted by molar-refractivity contribution is 6.31. The average Bonchev–Trinajstić information content (AvgIpc) is 2.85. The molecule has 3 rings (SSSR count). The third-order valence-electron chi connectivity index (χ3n) is 3.85. The Balaban J connectivity index is 1.94. The minimum Gasteiger partial charge on any atom is -0.387 e. The normalized spacial score (nSPS) is 18.9. The molecule has 2 aromatic rings. The molecule has 0 spiro atoms. The number of pyridine rings is 1. The second kappa shape index (κ2) is 4.94. The van der Waals surface area contributed by atoms with E-state index in [1.165, 1.54) is 0 Å². The first-order valence-electron chi connectivity index (χ1n) is 6.46. The zero-order valence-corrected chi connectivity index (χ0v) is 11.2. The van der Waals surface area contributed by atoms with Gasteiger partial charge < -0.3 is 9.51 Å². The van der Waals surface area contributed by atoms with E-state index in [2.05, 4.69) is 4.98 Å². The standard InChI is InChI=1S/C14H15ClN2O2/c15-10-5-11-7-16-8-17(11)13(6-10)14(19)9-1-3-12(18)4-2-9/h5-9,14,19H,1-4H2. The molecular weight excluding hydrogens is 264 g/mol. The number of rotatable bonds is 2. The van der Waals surface area contributed by atoms with Crippen LogP contribution in [-0.2, 0) is 4.79 Å². The largest absolute Gasteiger partial charge is 0.387 e. The number of hydrogen-bond donors (Lipinski definition) is 1. The molecule has 0 aliphatic heterocycles. The van der Waals surface area contributed by atoms with Gasteiger partial charge in [-0.2, -0.15) is 0 Å². The van der Waals surface area contributed by atoms with Gasteiger partial charge in [-0.05, 0) is 30.9 Å². The van der Waals surface area contributed by atoms with Crippen molar-refractivity contribution < 1.29 is 9.90 Å². The van der Waals surface area contributed by atoms with Crippen molar-refractivity contribution in [2.75, 3.05) is 0 Å². The number of aliphatic hydroxyl groups excluding tert-OH is 1. The van der Waals surface area contributed by atoms with Crippen LogP contribution in [0.5, 0.6) is 0 Å². The molecule has 0 saturated heterocycles. The monoisotopic (exact) mass is 278 g/mol. The molecule has 2 heterocycles. The highest BCUT2D eigenvalue weighted by Crippen LogP contribution is 2.34. The Morgan fingerprint density at radius 1 is 1.37 bits per heavy atom. The summed E-state index contributed by atoms with van der Waals surface area (Å²) in [6.07, 6.45) is 5.39. The molecule has 19 heavy (non-hydrogen) atoms. The van der Waals surface area contributed by atoms with Crippen molar-refractivity contribution in [1.29, 1.82) is 0 Å². The van der Waals surface area contributed by atoms with Crippen molar-refractivity contribution in [3.8, 4) is 0 Å². The van der Waals surface area contributed by atoms with Crippen molar-refractivity contribution in [2.45, 2.75) is 31.8 Å². The molecule has 0 radical (unpaired) electrons. The van der Waals surface area contributed by atoms with Gasteiger partial charge in [-0.15, -0.1) is 0 Å². The van der Waals surface area contributed by atoms with Crippen LogP contribution in [0.2, 0.25) is 5.02 Å². The van der Waals surface area contributed by atoms with Gasteiger partial charge in [0.15, 0.2) is 0 Å². The van der Waals surface area contributed by atoms with E-state index in [4.69, 9.17) is 11.6 Å². The Hall–Kier alpha value is -1.39. The SMILES string of the molecule is O=C1CCC(C(O)c2cc(Cl)cc3cncn23)CC1. The molecule has 1 aliphatic rings. The van der Waals surface area contributed by atoms with Gasteiger partial charge in [-0.1, -0.05) is 11.6 Å². The van der Waals surface area contributed by atoms with Crippen LogP contribution in [0.1, 0.15) is 37.5 Å². The maximum Gasteiger partial charge on any atom is 0.132 e. The zero-order valence-electron chi connectivity index (χ0n) is 10.4. The van der Waals surface area contributed by atoms with Gasteiger partial charge in [0.25, 0.3) is 0 Å². The topological polar surface area (TPSA) is 54.6 Å². The average molecular weight is 279 g/mol. The van der Waals surface area contributed by atoms with Crippen LogP contribution in [0.4, 0.5) is 0 Å². The van der Waals surface area contributed by atoms with Crippen molar-refractivity contribution in [3.05, 3.63) is 35.4 Å². The zero-order chi connectivity index (χ0) is 13.4. The number of Topliss-reactive ketones (excluding diaryl/α,β-unsaturated/α-hetero) is 1. The van der Waals surface area contributed by atoms with Gasteiger partial charge in [-0.25, -0.2) is 4.98 Å². The number of fused-ring (bicyclic) bond motifs is 1. The smallest absolute Gasteiger partial charge is 0.132 e. The van der Waals surface area contributed by atoms with Gasteiger partial charge in [0.05, 0.1) is 29.8 Å². The number of hydrogen-bond acceptors (Lipinski definition) is 3. The highest BCUT2D eigenvalue weighted by Gasteiger charge is 2.27. The Morgan fingerprint density at radius 3 is 2.84 bits per heavy atom. The summed E-state index contributed by atoms with van der Waals surface area (Å²) < 4.78 is 1.85. The first kappa shape index (κ1) is 12.6. The molecule has 5 heteroatoms. The molecule has 4 nitrogen and oxygen atoms in total. The van der Waals surface area contributed by atoms with Gasteiger partial charge in [0, 0.05) is 17.9 Å². The molecule has 1 atom stereocenters. The van der Waals surface area contributed by atoms with Crippen LogP contribution in [-0.4, -0.2) is 20.3 Å². The predicted molar refractivity (Wildman–Crippen MR) is 72.1 cm³/mol. The Morgan fingerprint density at radius 2 is 2.11 bits per heavy atom. The molecule has 1 unspecified atom stereocenters. The number of carbonyl (C=O) groups is 1. The van der Waals surface area contributed by atoms with E-state index in [-0.39, 0.29) is 5.92 Å². The van der Waals surface area contributed by atoms with E-state index < -0.39 is 6.10 Å². The van der Waals surface area contributed by atoms with Crippen LogP contribution < -0.4 is 0 Å². The van der Waals surface area contributed by atoms with Crippen molar-refractivity contribution in [1.82, 2.24) is 9.38 Å². The summed E-state index contributed by atoms with van der Waals surface area (Å²) in [4.78, 5) is 15.4. The summed E-state index contributed by atoms with van der Waals surface area (Å²) >= 11 is 6.08. The predicted octanol–water partition coefficient (Wildman–Crippen LogP) is 2.78. The summed E-state index contributed by atoms with van der Waals surface area (Å²) in [5, 5.41) is 11.1. The van der Waals surface area contributed by atoms with E-state index >= 15 is 0 Å². The molecule has 0 amide bonds. The Kier molecular flexibility index (Phi) is 3.29. The Labute approximate surface area is 116 Å². The number of carbonyl (C=O) groups excluding carboxylic acids is 1. The fourth-order valence-electron chi connectivity index (χ4n) is 2.77. The molecule has 2 aromatic heterocycles. The van der Waals surface area contributed by atoms with E-state index in [1.54, 1.807) is 18.6 Å². The first-order valence-corrected chi connectivity index (χ1v) is 6.84. The fourth-order valence-corrected chi connectivity index (χ4v) is 2.99. The summed E-state index contributed by atoms with van der Waals surface area (Å²) in [5.74, 6) is 0.407. The van der Waals surface area contributed by atoms with Crippen molar-refractivity contribution in [2.24, 2.45) is 5.92 Å². The quantitative estimate of drug-likeness (QED) is 0.919. The minimum absolute atomic E-state index is 0.113. The molecule has 1 saturated carbocycles. The van der Waals surface area contributed by atoms with Crippen LogP contribution in [0.3, 0.4) is 0 Å². The molecule has 1 fully saturated rings. The molecule has 1 aliphatic carbocycles. The molecule has 0 aromatic carbocycles. The first-order chi connectivity index (χ1) is 9.15. The van der Waals surface area contributed by atoms with E-state index in [0.29, 0.717) is 23.6 Å². The van der Waals surface area contributed by atoms with Crippen LogP contribution >= 0.6 is 11.6 Å². The third-order valence-corrected chi connectivity index (χ3v) is 4.07. The fraction of sp³-hybridized carbons (Fsp3) is 0.429. The van der Waals surface area contributed by atoms with E-state index in [1.807, 2.05) is 10.5 Å². The lowest BCUT2D eigenvalue weighted by Gasteiger charge is -2.26. The number of halogens is 1. The summed E-state index contributed by atoms with van der Waals surface area (Å²) in [6.45, 7) is 0. The molecular formula is C14H15ClN2O2. The lowest BCUT2D eigenvalue weighted by atomic mass is 9.83. The van der Waals surface area contributed by atoms with E-state index in [0.717, 1.165) is 24.1 Å². The summed E-state index contributed by atoms with van der Waals surface area (Å²) in [5.41, 5.74) is 1.62. The second-order valence-electron chi connectivity index (χ2n) is 5.11. The van der Waals surface area contributed by atoms with Crippen LogP contribution in [0, 0.1) is 5.92 Å². The molecule has 0 bridgehead atoms.